The number of nitrogens with zero attached hydrogens (tertiary/aromatic N) is 1. The molecular formula is C25H19NO2S. The Morgan fingerprint density at radius 2 is 1.59 bits per heavy atom. The first-order valence-electron chi connectivity index (χ1n) is 9.29. The Hall–Kier alpha value is -3.50. The molecule has 1 heterocycles. The van der Waals surface area contributed by atoms with E-state index >= 15 is 0 Å². The second-order valence-electron chi connectivity index (χ2n) is 6.41. The van der Waals surface area contributed by atoms with Gasteiger partial charge in [0.1, 0.15) is 17.4 Å². The molecule has 0 aliphatic rings. The Bertz CT molecular complexity index is 1120. The molecule has 0 aliphatic heterocycles. The number of aromatic nitrogens is 1. The fourth-order valence-electron chi connectivity index (χ4n) is 2.87. The standard InChI is InChI=1S/C25H19NO2S/c27-23(15-16-25-26-22(18-29-25)20-11-5-2-6-12-20)21-13-7-8-14-24(21)28-17-19-9-3-1-4-10-19/h1-16,18H,17H2. The summed E-state index contributed by atoms with van der Waals surface area (Å²) in [5.74, 6) is 0.472. The van der Waals surface area contributed by atoms with Crippen LogP contribution < -0.4 is 4.74 Å². The van der Waals surface area contributed by atoms with E-state index in [2.05, 4.69) is 4.98 Å². The minimum Gasteiger partial charge on any atom is -0.488 e. The lowest BCUT2D eigenvalue weighted by molar-refractivity contribution is 0.104. The number of carbonyl (C=O) groups is 1. The van der Waals surface area contributed by atoms with Crippen molar-refractivity contribution in [3.8, 4) is 17.0 Å². The van der Waals surface area contributed by atoms with Gasteiger partial charge in [-0.05, 0) is 29.8 Å². The highest BCUT2D eigenvalue weighted by Crippen LogP contribution is 2.24. The SMILES string of the molecule is O=C(C=Cc1nc(-c2ccccc2)cs1)c1ccccc1OCc1ccccc1. The predicted molar refractivity (Wildman–Crippen MR) is 118 cm³/mol. The number of benzene rings is 3. The Morgan fingerprint density at radius 3 is 2.38 bits per heavy atom. The van der Waals surface area contributed by atoms with Gasteiger partial charge in [-0.1, -0.05) is 72.8 Å². The van der Waals surface area contributed by atoms with Gasteiger partial charge in [0.05, 0.1) is 11.3 Å². The van der Waals surface area contributed by atoms with Gasteiger partial charge in [0, 0.05) is 10.9 Å². The molecule has 4 rings (SSSR count). The summed E-state index contributed by atoms with van der Waals surface area (Å²) in [4.78, 5) is 17.3. The Labute approximate surface area is 174 Å². The van der Waals surface area contributed by atoms with Crippen LogP contribution in [0.3, 0.4) is 0 Å². The fourth-order valence-corrected chi connectivity index (χ4v) is 3.59. The number of ketones is 1. The Morgan fingerprint density at radius 1 is 0.897 bits per heavy atom. The maximum Gasteiger partial charge on any atom is 0.189 e. The maximum absolute atomic E-state index is 12.7. The number of carbonyl (C=O) groups excluding carboxylic acids is 1. The highest BCUT2D eigenvalue weighted by molar-refractivity contribution is 7.10. The average molecular weight is 397 g/mol. The van der Waals surface area contributed by atoms with Gasteiger partial charge in [-0.3, -0.25) is 4.79 Å². The lowest BCUT2D eigenvalue weighted by Crippen LogP contribution is -2.02. The van der Waals surface area contributed by atoms with E-state index in [0.717, 1.165) is 21.8 Å². The van der Waals surface area contributed by atoms with Crippen LogP contribution in [0.1, 0.15) is 20.9 Å². The lowest BCUT2D eigenvalue weighted by atomic mass is 10.1. The second kappa shape index (κ2) is 9.13. The van der Waals surface area contributed by atoms with Crippen molar-refractivity contribution in [3.05, 3.63) is 113 Å². The second-order valence-corrected chi connectivity index (χ2v) is 7.29. The molecule has 1 aromatic heterocycles. The van der Waals surface area contributed by atoms with Gasteiger partial charge < -0.3 is 4.74 Å². The van der Waals surface area contributed by atoms with Crippen molar-refractivity contribution in [1.82, 2.24) is 4.98 Å². The van der Waals surface area contributed by atoms with E-state index in [0.29, 0.717) is 17.9 Å². The summed E-state index contributed by atoms with van der Waals surface area (Å²) in [5.41, 5.74) is 3.57. The number of ether oxygens (including phenoxy) is 1. The van der Waals surface area contributed by atoms with E-state index in [1.54, 1.807) is 18.2 Å². The fraction of sp³-hybridized carbons (Fsp3) is 0.0400. The van der Waals surface area contributed by atoms with Crippen LogP contribution in [0.15, 0.2) is 96.4 Å². The molecule has 0 N–H and O–H groups in total. The number of allylic oxidation sites excluding steroid dienone is 1. The Balaban J connectivity index is 1.47. The van der Waals surface area contributed by atoms with Gasteiger partial charge >= 0.3 is 0 Å². The molecule has 0 bridgehead atoms. The van der Waals surface area contributed by atoms with Crippen LogP contribution >= 0.6 is 11.3 Å². The van der Waals surface area contributed by atoms with Gasteiger partial charge in [-0.15, -0.1) is 11.3 Å². The summed E-state index contributed by atoms with van der Waals surface area (Å²) in [5, 5.41) is 2.79. The third-order valence-corrected chi connectivity index (χ3v) is 5.17. The molecular weight excluding hydrogens is 378 g/mol. The minimum atomic E-state index is -0.106. The van der Waals surface area contributed by atoms with Crippen LogP contribution in [0, 0.1) is 0 Å². The normalized spacial score (nSPS) is 10.9. The molecule has 0 fully saturated rings. The molecule has 0 atom stereocenters. The lowest BCUT2D eigenvalue weighted by Gasteiger charge is -2.09. The molecule has 0 saturated heterocycles. The number of para-hydroxylation sites is 1. The van der Waals surface area contributed by atoms with Crippen LogP contribution in [0.4, 0.5) is 0 Å². The molecule has 4 heteroatoms. The van der Waals surface area contributed by atoms with E-state index in [1.807, 2.05) is 84.2 Å². The number of thiazole rings is 1. The zero-order chi connectivity index (χ0) is 19.9. The van der Waals surface area contributed by atoms with Crippen molar-refractivity contribution >= 4 is 23.2 Å². The molecule has 3 aromatic carbocycles. The number of hydrogen-bond acceptors (Lipinski definition) is 4. The summed E-state index contributed by atoms with van der Waals surface area (Å²) in [6, 6.07) is 27.2. The Kier molecular flexibility index (Phi) is 5.93. The zero-order valence-electron chi connectivity index (χ0n) is 15.7. The molecule has 0 unspecified atom stereocenters. The van der Waals surface area contributed by atoms with E-state index < -0.39 is 0 Å². The van der Waals surface area contributed by atoms with Gasteiger partial charge in [-0.2, -0.15) is 0 Å². The van der Waals surface area contributed by atoms with E-state index in [4.69, 9.17) is 4.74 Å². The van der Waals surface area contributed by atoms with Gasteiger partial charge in [-0.25, -0.2) is 4.98 Å². The molecule has 0 saturated carbocycles. The summed E-state index contributed by atoms with van der Waals surface area (Å²) < 4.78 is 5.89. The van der Waals surface area contributed by atoms with Crippen LogP contribution in [-0.4, -0.2) is 10.8 Å². The van der Waals surface area contributed by atoms with Crippen LogP contribution in [0.5, 0.6) is 5.75 Å². The largest absolute Gasteiger partial charge is 0.488 e. The number of rotatable bonds is 7. The van der Waals surface area contributed by atoms with Crippen molar-refractivity contribution in [2.24, 2.45) is 0 Å². The predicted octanol–water partition coefficient (Wildman–Crippen LogP) is 6.29. The quantitative estimate of drug-likeness (QED) is 0.272. The van der Waals surface area contributed by atoms with Crippen molar-refractivity contribution < 1.29 is 9.53 Å². The van der Waals surface area contributed by atoms with Crippen molar-refractivity contribution in [3.63, 3.8) is 0 Å². The molecule has 142 valence electrons. The highest BCUT2D eigenvalue weighted by atomic mass is 32.1. The average Bonchev–Trinajstić information content (AvgIpc) is 3.27. The number of hydrogen-bond donors (Lipinski definition) is 0. The van der Waals surface area contributed by atoms with Gasteiger partial charge in [0.15, 0.2) is 5.78 Å². The minimum absolute atomic E-state index is 0.106. The summed E-state index contributed by atoms with van der Waals surface area (Å²) in [6.07, 6.45) is 3.31. The third kappa shape index (κ3) is 4.86. The van der Waals surface area contributed by atoms with E-state index in [1.165, 1.54) is 11.3 Å². The molecule has 0 aliphatic carbocycles. The summed E-state index contributed by atoms with van der Waals surface area (Å²) in [6.45, 7) is 0.418. The van der Waals surface area contributed by atoms with E-state index in [9.17, 15) is 4.79 Å². The molecule has 4 aromatic rings. The van der Waals surface area contributed by atoms with Crippen molar-refractivity contribution in [2.75, 3.05) is 0 Å². The smallest absolute Gasteiger partial charge is 0.189 e. The van der Waals surface area contributed by atoms with Crippen LogP contribution in [0.2, 0.25) is 0 Å². The first kappa shape index (κ1) is 18.8. The first-order valence-corrected chi connectivity index (χ1v) is 10.2. The first-order chi connectivity index (χ1) is 14.3. The van der Waals surface area contributed by atoms with Crippen molar-refractivity contribution in [1.29, 1.82) is 0 Å². The van der Waals surface area contributed by atoms with Gasteiger partial charge in [0.2, 0.25) is 0 Å². The molecule has 3 nitrogen and oxygen atoms in total. The molecule has 0 radical (unpaired) electrons. The molecule has 0 amide bonds. The van der Waals surface area contributed by atoms with Crippen LogP contribution in [0.25, 0.3) is 17.3 Å². The topological polar surface area (TPSA) is 39.2 Å². The van der Waals surface area contributed by atoms with Crippen LogP contribution in [-0.2, 0) is 6.61 Å². The monoisotopic (exact) mass is 397 g/mol. The third-order valence-electron chi connectivity index (χ3n) is 4.36. The highest BCUT2D eigenvalue weighted by Gasteiger charge is 2.10. The molecule has 0 spiro atoms. The molecule has 29 heavy (non-hydrogen) atoms. The summed E-state index contributed by atoms with van der Waals surface area (Å²) >= 11 is 1.51. The van der Waals surface area contributed by atoms with Gasteiger partial charge in [0.25, 0.3) is 0 Å². The van der Waals surface area contributed by atoms with E-state index in [-0.39, 0.29) is 5.78 Å². The summed E-state index contributed by atoms with van der Waals surface area (Å²) in [7, 11) is 0. The van der Waals surface area contributed by atoms with Crippen molar-refractivity contribution in [2.45, 2.75) is 6.61 Å². The zero-order valence-corrected chi connectivity index (χ0v) is 16.5. The maximum atomic E-state index is 12.7.